The highest BCUT2D eigenvalue weighted by Crippen LogP contribution is 2.22. The van der Waals surface area contributed by atoms with Gasteiger partial charge in [-0.25, -0.2) is 8.78 Å². The zero-order valence-corrected chi connectivity index (χ0v) is 6.93. The number of hydrogen-bond donors (Lipinski definition) is 2. The molecule has 8 heteroatoms. The average molecular weight is 217 g/mol. The molecule has 0 aliphatic carbocycles. The number of carboxylic acids is 1. The van der Waals surface area contributed by atoms with Gasteiger partial charge in [-0.3, -0.25) is 9.59 Å². The maximum absolute atomic E-state index is 12.2. The van der Waals surface area contributed by atoms with Crippen molar-refractivity contribution in [1.82, 2.24) is 5.32 Å². The van der Waals surface area contributed by atoms with E-state index in [4.69, 9.17) is 5.11 Å². The highest BCUT2D eigenvalue weighted by molar-refractivity contribution is 5.88. The van der Waals surface area contributed by atoms with E-state index in [2.05, 4.69) is 0 Å². The van der Waals surface area contributed by atoms with Crippen molar-refractivity contribution >= 4 is 11.9 Å². The van der Waals surface area contributed by atoms with Crippen LogP contribution in [0.5, 0.6) is 0 Å². The second-order valence-corrected chi connectivity index (χ2v) is 2.46. The first-order valence-electron chi connectivity index (χ1n) is 3.39. The van der Waals surface area contributed by atoms with Crippen LogP contribution in [-0.4, -0.2) is 35.4 Å². The number of rotatable bonds is 4. The molecule has 14 heavy (non-hydrogen) atoms. The Labute approximate surface area is 75.9 Å². The second-order valence-electron chi connectivity index (χ2n) is 2.46. The lowest BCUT2D eigenvalue weighted by Gasteiger charge is -2.16. The number of halogens is 4. The summed E-state index contributed by atoms with van der Waals surface area (Å²) in [7, 11) is 0. The van der Waals surface area contributed by atoms with Crippen molar-refractivity contribution in [2.75, 3.05) is 0 Å². The molecule has 0 aromatic carbocycles. The minimum atomic E-state index is -4.87. The van der Waals surface area contributed by atoms with Gasteiger partial charge in [0, 0.05) is 0 Å². The van der Waals surface area contributed by atoms with E-state index in [1.807, 2.05) is 0 Å². The van der Waals surface area contributed by atoms with Crippen LogP contribution in [0.15, 0.2) is 0 Å². The van der Waals surface area contributed by atoms with Crippen molar-refractivity contribution in [2.24, 2.45) is 0 Å². The number of aliphatic carboxylic acids is 1. The van der Waals surface area contributed by atoms with Crippen LogP contribution >= 0.6 is 0 Å². The Kier molecular flexibility index (Phi) is 3.84. The fourth-order valence-corrected chi connectivity index (χ4v) is 0.454. The fourth-order valence-electron chi connectivity index (χ4n) is 0.454. The molecule has 0 aliphatic rings. The number of carbonyl (C=O) groups is 2. The second kappa shape index (κ2) is 4.25. The SMILES string of the molecule is C[C@H](NC(=O)C(F)(F)C(F)F)C(=O)O. The molecule has 4 nitrogen and oxygen atoms in total. The van der Waals surface area contributed by atoms with Gasteiger partial charge in [0.2, 0.25) is 0 Å². The van der Waals surface area contributed by atoms with Gasteiger partial charge in [-0.15, -0.1) is 0 Å². The zero-order chi connectivity index (χ0) is 11.5. The molecule has 0 radical (unpaired) electrons. The van der Waals surface area contributed by atoms with Crippen LogP contribution in [0.3, 0.4) is 0 Å². The van der Waals surface area contributed by atoms with Crippen LogP contribution in [0.1, 0.15) is 6.92 Å². The Hall–Kier alpha value is -1.34. The van der Waals surface area contributed by atoms with Crippen molar-refractivity contribution in [3.05, 3.63) is 0 Å². The first kappa shape index (κ1) is 12.7. The topological polar surface area (TPSA) is 66.4 Å². The van der Waals surface area contributed by atoms with Crippen molar-refractivity contribution < 1.29 is 32.3 Å². The number of nitrogens with one attached hydrogen (secondary N) is 1. The third-order valence-corrected chi connectivity index (χ3v) is 1.29. The van der Waals surface area contributed by atoms with Gasteiger partial charge in [0.1, 0.15) is 6.04 Å². The summed E-state index contributed by atoms with van der Waals surface area (Å²) in [6.07, 6.45) is -4.16. The average Bonchev–Trinajstić information content (AvgIpc) is 2.03. The minimum absolute atomic E-state index is 0.877. The van der Waals surface area contributed by atoms with Gasteiger partial charge in [0.25, 0.3) is 5.91 Å². The van der Waals surface area contributed by atoms with Crippen molar-refractivity contribution in [3.8, 4) is 0 Å². The van der Waals surface area contributed by atoms with E-state index in [1.54, 1.807) is 0 Å². The van der Waals surface area contributed by atoms with Crippen LogP contribution in [0.4, 0.5) is 17.6 Å². The van der Waals surface area contributed by atoms with E-state index in [9.17, 15) is 27.2 Å². The molecule has 1 amide bonds. The molecule has 0 fully saturated rings. The van der Waals surface area contributed by atoms with E-state index < -0.39 is 30.3 Å². The normalized spacial score (nSPS) is 13.9. The Morgan fingerprint density at radius 3 is 2.07 bits per heavy atom. The third-order valence-electron chi connectivity index (χ3n) is 1.29. The van der Waals surface area contributed by atoms with E-state index in [0.29, 0.717) is 0 Å². The molecule has 0 rings (SSSR count). The molecule has 2 N–H and O–H groups in total. The van der Waals surface area contributed by atoms with E-state index in [-0.39, 0.29) is 0 Å². The molecule has 0 unspecified atom stereocenters. The summed E-state index contributed by atoms with van der Waals surface area (Å²) < 4.78 is 47.5. The molecule has 0 saturated heterocycles. The van der Waals surface area contributed by atoms with Gasteiger partial charge in [-0.2, -0.15) is 8.78 Å². The van der Waals surface area contributed by atoms with Crippen LogP contribution < -0.4 is 5.32 Å². The highest BCUT2D eigenvalue weighted by Gasteiger charge is 2.49. The largest absolute Gasteiger partial charge is 0.480 e. The zero-order valence-electron chi connectivity index (χ0n) is 6.93. The van der Waals surface area contributed by atoms with Gasteiger partial charge < -0.3 is 10.4 Å². The molecule has 0 aromatic heterocycles. The molecule has 0 bridgehead atoms. The number of carbonyl (C=O) groups excluding carboxylic acids is 1. The van der Waals surface area contributed by atoms with Gasteiger partial charge >= 0.3 is 18.3 Å². The summed E-state index contributed by atoms with van der Waals surface area (Å²) in [5.74, 6) is -8.77. The summed E-state index contributed by atoms with van der Waals surface area (Å²) >= 11 is 0. The van der Waals surface area contributed by atoms with Crippen molar-refractivity contribution in [1.29, 1.82) is 0 Å². The Morgan fingerprint density at radius 1 is 1.36 bits per heavy atom. The quantitative estimate of drug-likeness (QED) is 0.673. The molecule has 0 saturated carbocycles. The Bertz CT molecular complexity index is 243. The number of hydrogen-bond acceptors (Lipinski definition) is 2. The number of amides is 1. The summed E-state index contributed by atoms with van der Waals surface area (Å²) in [5, 5.41) is 9.42. The Morgan fingerprint density at radius 2 is 1.79 bits per heavy atom. The lowest BCUT2D eigenvalue weighted by Crippen LogP contribution is -2.50. The summed E-state index contributed by atoms with van der Waals surface area (Å²) in [4.78, 5) is 20.5. The Balaban J connectivity index is 4.42. The third kappa shape index (κ3) is 2.86. The fraction of sp³-hybridized carbons (Fsp3) is 0.667. The molecule has 0 aliphatic heterocycles. The molecule has 1 atom stereocenters. The van der Waals surface area contributed by atoms with Crippen LogP contribution in [-0.2, 0) is 9.59 Å². The minimum Gasteiger partial charge on any atom is -0.480 e. The summed E-state index contributed by atoms with van der Waals surface area (Å²) in [5.41, 5.74) is 0. The van der Waals surface area contributed by atoms with E-state index in [0.717, 1.165) is 6.92 Å². The van der Waals surface area contributed by atoms with E-state index in [1.165, 1.54) is 5.32 Å². The summed E-state index contributed by atoms with van der Waals surface area (Å²) in [6, 6.07) is -1.65. The maximum atomic E-state index is 12.2. The van der Waals surface area contributed by atoms with Gasteiger partial charge in [-0.05, 0) is 6.92 Å². The monoisotopic (exact) mass is 217 g/mol. The summed E-state index contributed by atoms with van der Waals surface area (Å²) in [6.45, 7) is 0.877. The van der Waals surface area contributed by atoms with Crippen molar-refractivity contribution in [2.45, 2.75) is 25.3 Å². The van der Waals surface area contributed by atoms with Gasteiger partial charge in [-0.1, -0.05) is 0 Å². The molecular weight excluding hydrogens is 210 g/mol. The predicted molar refractivity (Wildman–Crippen MR) is 36.2 cm³/mol. The highest BCUT2D eigenvalue weighted by atomic mass is 19.3. The molecule has 0 spiro atoms. The molecule has 82 valence electrons. The number of alkyl halides is 4. The van der Waals surface area contributed by atoms with E-state index >= 15 is 0 Å². The molecular formula is C6H7F4NO3. The van der Waals surface area contributed by atoms with Gasteiger partial charge in [0.05, 0.1) is 0 Å². The van der Waals surface area contributed by atoms with Crippen LogP contribution in [0, 0.1) is 0 Å². The number of carboxylic acid groups (broad SMARTS) is 1. The lowest BCUT2D eigenvalue weighted by molar-refractivity contribution is -0.171. The first-order valence-corrected chi connectivity index (χ1v) is 3.39. The molecule has 0 heterocycles. The predicted octanol–water partition coefficient (Wildman–Crippen LogP) is 0.476. The lowest BCUT2D eigenvalue weighted by atomic mass is 10.3. The van der Waals surface area contributed by atoms with Crippen LogP contribution in [0.25, 0.3) is 0 Å². The molecule has 0 aromatic rings. The standard InChI is InChI=1S/C6H7F4NO3/c1-2(3(12)13)11-5(14)6(9,10)4(7)8/h2,4H,1H3,(H,11,14)(H,12,13)/t2-/m0/s1. The van der Waals surface area contributed by atoms with Crippen molar-refractivity contribution in [3.63, 3.8) is 0 Å². The first-order chi connectivity index (χ1) is 6.19. The smallest absolute Gasteiger partial charge is 0.383 e. The van der Waals surface area contributed by atoms with Gasteiger partial charge in [0.15, 0.2) is 0 Å². The maximum Gasteiger partial charge on any atom is 0.383 e. The van der Waals surface area contributed by atoms with Crippen LogP contribution in [0.2, 0.25) is 0 Å².